The summed E-state index contributed by atoms with van der Waals surface area (Å²) in [5.41, 5.74) is -0.373. The van der Waals surface area contributed by atoms with E-state index >= 15 is 0 Å². The van der Waals surface area contributed by atoms with Crippen LogP contribution < -0.4 is 15.6 Å². The number of rotatable bonds is 0. The fourth-order valence-electron chi connectivity index (χ4n) is 1.10. The normalized spacial score (nSPS) is 14.4. The Kier molecular flexibility index (Phi) is 1.54. The van der Waals surface area contributed by atoms with Crippen molar-refractivity contribution in [3.05, 3.63) is 16.2 Å². The zero-order valence-electron chi connectivity index (χ0n) is 6.88. The van der Waals surface area contributed by atoms with E-state index in [4.69, 9.17) is 4.74 Å². The van der Waals surface area contributed by atoms with Crippen molar-refractivity contribution in [1.82, 2.24) is 9.97 Å². The Bertz CT molecular complexity index is 423. The topological polar surface area (TPSA) is 84.1 Å². The number of aromatic amines is 1. The van der Waals surface area contributed by atoms with Gasteiger partial charge in [0, 0.05) is 0 Å². The number of hydrogen-bond donors (Lipinski definition) is 2. The van der Waals surface area contributed by atoms with Gasteiger partial charge in [0.05, 0.1) is 0 Å². The lowest BCUT2D eigenvalue weighted by Gasteiger charge is -2.15. The highest BCUT2D eigenvalue weighted by atomic mass is 16.5. The van der Waals surface area contributed by atoms with Crippen molar-refractivity contribution in [2.24, 2.45) is 0 Å². The van der Waals surface area contributed by atoms with Gasteiger partial charge in [-0.15, -0.1) is 0 Å². The van der Waals surface area contributed by atoms with Gasteiger partial charge in [0.25, 0.3) is 11.5 Å². The molecule has 1 amide bonds. The molecule has 2 rings (SSSR count). The number of carbonyl (C=O) groups is 1. The van der Waals surface area contributed by atoms with Crippen LogP contribution in [-0.4, -0.2) is 22.5 Å². The third-order valence-corrected chi connectivity index (χ3v) is 1.60. The number of anilines is 1. The molecule has 2 N–H and O–H groups in total. The largest absolute Gasteiger partial charge is 0.475 e. The Balaban J connectivity index is 2.59. The van der Waals surface area contributed by atoms with Crippen LogP contribution in [0.3, 0.4) is 0 Å². The van der Waals surface area contributed by atoms with E-state index in [0.717, 1.165) is 0 Å². The standard InChI is InChI=1S/C7H7N3O3/c1-3-8-6-5(7(12)9-3)13-2-4(11)10-6/h2H2,1H3,(H2,8,9,10,11,12). The molecule has 68 valence electrons. The first kappa shape index (κ1) is 7.78. The minimum Gasteiger partial charge on any atom is -0.475 e. The highest BCUT2D eigenvalue weighted by Gasteiger charge is 2.20. The second kappa shape index (κ2) is 2.58. The van der Waals surface area contributed by atoms with Gasteiger partial charge in [-0.3, -0.25) is 9.59 Å². The fourth-order valence-corrected chi connectivity index (χ4v) is 1.10. The minimum absolute atomic E-state index is 0.0743. The first-order valence-corrected chi connectivity index (χ1v) is 3.70. The van der Waals surface area contributed by atoms with Gasteiger partial charge in [-0.2, -0.15) is 0 Å². The molecule has 6 nitrogen and oxygen atoms in total. The molecule has 0 fully saturated rings. The maximum Gasteiger partial charge on any atom is 0.295 e. The van der Waals surface area contributed by atoms with E-state index in [1.54, 1.807) is 6.92 Å². The molecule has 1 aromatic rings. The number of fused-ring (bicyclic) bond motifs is 1. The lowest BCUT2D eigenvalue weighted by atomic mass is 10.4. The Morgan fingerprint density at radius 2 is 2.23 bits per heavy atom. The van der Waals surface area contributed by atoms with Crippen LogP contribution in [0.25, 0.3) is 0 Å². The molecule has 0 radical (unpaired) electrons. The first-order chi connectivity index (χ1) is 6.16. The Labute approximate surface area is 72.9 Å². The van der Waals surface area contributed by atoms with Crippen molar-refractivity contribution in [2.45, 2.75) is 6.92 Å². The first-order valence-electron chi connectivity index (χ1n) is 3.70. The highest BCUT2D eigenvalue weighted by Crippen LogP contribution is 2.19. The Morgan fingerprint density at radius 3 is 3.00 bits per heavy atom. The quantitative estimate of drug-likeness (QED) is 0.560. The molecule has 6 heteroatoms. The third kappa shape index (κ3) is 1.26. The van der Waals surface area contributed by atoms with Crippen molar-refractivity contribution in [2.75, 3.05) is 11.9 Å². The van der Waals surface area contributed by atoms with Gasteiger partial charge in [0.2, 0.25) is 5.75 Å². The fraction of sp³-hybridized carbons (Fsp3) is 0.286. The van der Waals surface area contributed by atoms with Crippen LogP contribution in [0.15, 0.2) is 4.79 Å². The Hall–Kier alpha value is -1.85. The number of aromatic nitrogens is 2. The molecule has 0 aromatic carbocycles. The molecule has 0 unspecified atom stereocenters. The lowest BCUT2D eigenvalue weighted by molar-refractivity contribution is -0.118. The van der Waals surface area contributed by atoms with E-state index in [0.29, 0.717) is 5.82 Å². The summed E-state index contributed by atoms with van der Waals surface area (Å²) in [6.07, 6.45) is 0. The summed E-state index contributed by atoms with van der Waals surface area (Å²) in [6.45, 7) is 1.49. The smallest absolute Gasteiger partial charge is 0.295 e. The number of carbonyl (C=O) groups excluding carboxylic acids is 1. The summed E-state index contributed by atoms with van der Waals surface area (Å²) in [5, 5.41) is 2.45. The maximum absolute atomic E-state index is 11.2. The number of amides is 1. The third-order valence-electron chi connectivity index (χ3n) is 1.60. The number of H-pyrrole nitrogens is 1. The zero-order valence-corrected chi connectivity index (χ0v) is 6.88. The van der Waals surface area contributed by atoms with E-state index < -0.39 is 0 Å². The van der Waals surface area contributed by atoms with Crippen molar-refractivity contribution >= 4 is 11.7 Å². The second-order valence-electron chi connectivity index (χ2n) is 2.67. The van der Waals surface area contributed by atoms with Crippen LogP contribution in [0.1, 0.15) is 5.82 Å². The molecule has 1 aliphatic rings. The number of hydrogen-bond acceptors (Lipinski definition) is 4. The molecule has 2 heterocycles. The molecule has 1 aliphatic heterocycles. The summed E-state index contributed by atoms with van der Waals surface area (Å²) in [7, 11) is 0. The zero-order chi connectivity index (χ0) is 9.42. The summed E-state index contributed by atoms with van der Waals surface area (Å²) in [6, 6.07) is 0. The van der Waals surface area contributed by atoms with Gasteiger partial charge >= 0.3 is 0 Å². The number of nitrogens with zero attached hydrogens (tertiary/aromatic N) is 1. The summed E-state index contributed by atoms with van der Waals surface area (Å²) >= 11 is 0. The number of nitrogens with one attached hydrogen (secondary N) is 2. The maximum atomic E-state index is 11.2. The summed E-state index contributed by atoms with van der Waals surface area (Å²) < 4.78 is 4.90. The highest BCUT2D eigenvalue weighted by molar-refractivity contribution is 5.93. The molecular weight excluding hydrogens is 174 g/mol. The minimum atomic E-state index is -0.373. The summed E-state index contributed by atoms with van der Waals surface area (Å²) in [5.74, 6) is 0.405. The van der Waals surface area contributed by atoms with Crippen LogP contribution in [0.2, 0.25) is 0 Å². The van der Waals surface area contributed by atoms with Crippen molar-refractivity contribution in [1.29, 1.82) is 0 Å². The lowest BCUT2D eigenvalue weighted by Crippen LogP contribution is -2.30. The second-order valence-corrected chi connectivity index (χ2v) is 2.67. The average Bonchev–Trinajstić information content (AvgIpc) is 2.02. The van der Waals surface area contributed by atoms with E-state index in [2.05, 4.69) is 15.3 Å². The predicted octanol–water partition coefficient (Wildman–Crippen LogP) is -0.591. The van der Waals surface area contributed by atoms with Crippen molar-refractivity contribution < 1.29 is 9.53 Å². The van der Waals surface area contributed by atoms with Crippen LogP contribution in [0.5, 0.6) is 5.75 Å². The van der Waals surface area contributed by atoms with Gasteiger partial charge in [-0.25, -0.2) is 4.98 Å². The molecular formula is C7H7N3O3. The van der Waals surface area contributed by atoms with Crippen LogP contribution in [0, 0.1) is 6.92 Å². The Morgan fingerprint density at radius 1 is 1.46 bits per heavy atom. The van der Waals surface area contributed by atoms with Gasteiger partial charge in [-0.1, -0.05) is 0 Å². The molecule has 0 saturated carbocycles. The summed E-state index contributed by atoms with van der Waals surface area (Å²) in [4.78, 5) is 28.5. The molecule has 0 aliphatic carbocycles. The van der Waals surface area contributed by atoms with Gasteiger partial charge in [0.1, 0.15) is 5.82 Å². The van der Waals surface area contributed by atoms with Crippen molar-refractivity contribution in [3.8, 4) is 5.75 Å². The van der Waals surface area contributed by atoms with Gasteiger partial charge in [0.15, 0.2) is 12.4 Å². The van der Waals surface area contributed by atoms with E-state index in [1.165, 1.54) is 0 Å². The van der Waals surface area contributed by atoms with E-state index in [1.807, 2.05) is 0 Å². The van der Waals surface area contributed by atoms with Crippen LogP contribution in [-0.2, 0) is 4.79 Å². The number of aryl methyl sites for hydroxylation is 1. The van der Waals surface area contributed by atoms with Gasteiger partial charge < -0.3 is 15.0 Å². The van der Waals surface area contributed by atoms with Crippen LogP contribution in [0.4, 0.5) is 5.82 Å². The predicted molar refractivity (Wildman–Crippen MR) is 43.7 cm³/mol. The van der Waals surface area contributed by atoms with Crippen LogP contribution >= 0.6 is 0 Å². The number of ether oxygens (including phenoxy) is 1. The molecule has 0 bridgehead atoms. The van der Waals surface area contributed by atoms with Gasteiger partial charge in [-0.05, 0) is 6.92 Å². The SMILES string of the molecule is Cc1nc2c(c(=O)[nH]1)OCC(=O)N2. The monoisotopic (exact) mass is 181 g/mol. The molecule has 1 aromatic heterocycles. The molecule has 13 heavy (non-hydrogen) atoms. The molecule has 0 spiro atoms. The van der Waals surface area contributed by atoms with Crippen molar-refractivity contribution in [3.63, 3.8) is 0 Å². The molecule has 0 saturated heterocycles. The van der Waals surface area contributed by atoms with E-state index in [9.17, 15) is 9.59 Å². The average molecular weight is 181 g/mol. The molecule has 0 atom stereocenters. The van der Waals surface area contributed by atoms with E-state index in [-0.39, 0.29) is 29.6 Å².